The molecule has 0 atom stereocenters. The lowest BCUT2D eigenvalue weighted by atomic mass is 9.83. The summed E-state index contributed by atoms with van der Waals surface area (Å²) in [4.78, 5) is 24.7. The lowest BCUT2D eigenvalue weighted by Gasteiger charge is -2.28. The molecule has 6 N–H and O–H groups in total. The van der Waals surface area contributed by atoms with Gasteiger partial charge in [0.1, 0.15) is 16.9 Å². The lowest BCUT2D eigenvalue weighted by Crippen LogP contribution is -2.34. The first-order valence-corrected chi connectivity index (χ1v) is 12.8. The Morgan fingerprint density at radius 2 is 0.902 bits per heavy atom. The smallest absolute Gasteiger partial charge is 0.255 e. The van der Waals surface area contributed by atoms with Crippen LogP contribution in [0.15, 0.2) is 121 Å². The van der Waals surface area contributed by atoms with Gasteiger partial charge in [0.15, 0.2) is 0 Å². The zero-order valence-corrected chi connectivity index (χ0v) is 22.1. The third-order valence-corrected chi connectivity index (χ3v) is 6.54. The average molecular weight is 551 g/mol. The van der Waals surface area contributed by atoms with E-state index in [1.54, 1.807) is 97.1 Å². The second-order valence-electron chi connectivity index (χ2n) is 9.34. The van der Waals surface area contributed by atoms with Gasteiger partial charge in [-0.25, -0.2) is 0 Å². The van der Waals surface area contributed by atoms with Gasteiger partial charge in [-0.05, 0) is 71.8 Å². The molecule has 208 valence electrons. The molecule has 8 heteroatoms. The van der Waals surface area contributed by atoms with E-state index < -0.39 is 30.1 Å². The van der Waals surface area contributed by atoms with Crippen LogP contribution in [0.3, 0.4) is 0 Å². The van der Waals surface area contributed by atoms with Gasteiger partial charge in [-0.2, -0.15) is 0 Å². The van der Waals surface area contributed by atoms with Crippen LogP contribution in [0.25, 0.3) is 12.2 Å². The van der Waals surface area contributed by atoms with Crippen molar-refractivity contribution in [2.24, 2.45) is 5.41 Å². The van der Waals surface area contributed by atoms with E-state index in [-0.39, 0.29) is 11.8 Å². The van der Waals surface area contributed by atoms with Crippen LogP contribution >= 0.6 is 0 Å². The Balaban J connectivity index is 1.47. The Morgan fingerprint density at radius 3 is 1.22 bits per heavy atom. The molecule has 0 aliphatic heterocycles. The van der Waals surface area contributed by atoms with Gasteiger partial charge in [-0.15, -0.1) is 0 Å². The van der Waals surface area contributed by atoms with E-state index >= 15 is 0 Å². The molecular formula is C33H30N2O6. The highest BCUT2D eigenvalue weighted by Crippen LogP contribution is 2.35. The van der Waals surface area contributed by atoms with Crippen LogP contribution in [0.4, 0.5) is 11.4 Å². The van der Waals surface area contributed by atoms with Crippen LogP contribution in [0.5, 0.6) is 0 Å². The second kappa shape index (κ2) is 13.3. The summed E-state index contributed by atoms with van der Waals surface area (Å²) in [5.41, 5.74) is 1.27. The van der Waals surface area contributed by atoms with Gasteiger partial charge in [0.25, 0.3) is 11.8 Å². The van der Waals surface area contributed by atoms with Crippen LogP contribution in [0, 0.1) is 5.41 Å². The monoisotopic (exact) mass is 550 g/mol. The number of carbonyl (C=O) groups excluding carboxylic acids is 2. The minimum absolute atomic E-state index is 0.266. The lowest BCUT2D eigenvalue weighted by molar-refractivity contribution is 0.0487. The summed E-state index contributed by atoms with van der Waals surface area (Å²) in [5, 5.41) is 47.6. The fraction of sp³-hybridized carbons (Fsp3) is 0.0909. The average Bonchev–Trinajstić information content (AvgIpc) is 3.01. The summed E-state index contributed by atoms with van der Waals surface area (Å²) >= 11 is 0. The number of hydrogen-bond donors (Lipinski definition) is 6. The molecule has 0 bridgehead atoms. The summed E-state index contributed by atoms with van der Waals surface area (Å²) in [6.45, 7) is -1.55. The first-order chi connectivity index (χ1) is 19.8. The van der Waals surface area contributed by atoms with Crippen LogP contribution in [0.1, 0.15) is 31.8 Å². The molecule has 4 rings (SSSR count). The number of anilines is 2. The van der Waals surface area contributed by atoms with Crippen molar-refractivity contribution in [3.05, 3.63) is 143 Å². The van der Waals surface area contributed by atoms with E-state index in [1.165, 1.54) is 12.2 Å². The Hall–Kier alpha value is -5.18. The normalized spacial score (nSPS) is 12.0. The predicted molar refractivity (Wildman–Crippen MR) is 159 cm³/mol. The van der Waals surface area contributed by atoms with E-state index in [1.807, 2.05) is 12.1 Å². The van der Waals surface area contributed by atoms with Gasteiger partial charge in [-0.1, -0.05) is 60.7 Å². The number of benzene rings is 4. The van der Waals surface area contributed by atoms with Gasteiger partial charge >= 0.3 is 0 Å². The standard InChI is InChI=1S/C33H30N2O6/c36-21-33(22-37,29(38)19-23-11-15-27(16-12-23)34-31(40)25-7-3-1-4-8-25)30(39)20-24-13-17-28(18-14-24)35-32(41)26-9-5-2-6-10-26/h1-20,36-39H,21-22H2,(H,34,40)(H,35,41). The molecule has 0 aliphatic rings. The molecule has 41 heavy (non-hydrogen) atoms. The van der Waals surface area contributed by atoms with E-state index in [2.05, 4.69) is 10.6 Å². The summed E-state index contributed by atoms with van der Waals surface area (Å²) in [7, 11) is 0. The van der Waals surface area contributed by atoms with Gasteiger partial charge in [0, 0.05) is 22.5 Å². The largest absolute Gasteiger partial charge is 0.511 e. The van der Waals surface area contributed by atoms with E-state index in [0.29, 0.717) is 33.6 Å². The number of hydrogen-bond acceptors (Lipinski definition) is 6. The van der Waals surface area contributed by atoms with Crippen molar-refractivity contribution >= 4 is 35.3 Å². The topological polar surface area (TPSA) is 139 Å². The molecule has 0 saturated carbocycles. The maximum atomic E-state index is 12.4. The van der Waals surface area contributed by atoms with E-state index in [4.69, 9.17) is 0 Å². The first kappa shape index (κ1) is 28.8. The number of nitrogens with one attached hydrogen (secondary N) is 2. The molecule has 0 fully saturated rings. The number of aliphatic hydroxyl groups is 4. The van der Waals surface area contributed by atoms with E-state index in [0.717, 1.165) is 0 Å². The van der Waals surface area contributed by atoms with Crippen molar-refractivity contribution in [2.45, 2.75) is 0 Å². The molecule has 0 spiro atoms. The maximum absolute atomic E-state index is 12.4. The zero-order chi connectivity index (χ0) is 29.2. The van der Waals surface area contributed by atoms with Gasteiger partial charge < -0.3 is 31.1 Å². The molecule has 0 unspecified atom stereocenters. The quantitative estimate of drug-likeness (QED) is 0.141. The molecule has 0 aliphatic carbocycles. The molecule has 0 radical (unpaired) electrons. The summed E-state index contributed by atoms with van der Waals surface area (Å²) in [5.74, 6) is -1.44. The highest BCUT2D eigenvalue weighted by atomic mass is 16.3. The Morgan fingerprint density at radius 1 is 0.561 bits per heavy atom. The SMILES string of the molecule is O=C(Nc1ccc(C=C(O)C(CO)(CO)C(O)=Cc2ccc(NC(=O)c3ccccc3)cc2)cc1)c1ccccc1. The van der Waals surface area contributed by atoms with Crippen molar-refractivity contribution in [2.75, 3.05) is 23.8 Å². The molecule has 0 aromatic heterocycles. The van der Waals surface area contributed by atoms with Gasteiger partial charge in [-0.3, -0.25) is 9.59 Å². The highest BCUT2D eigenvalue weighted by molar-refractivity contribution is 6.04. The van der Waals surface area contributed by atoms with E-state index in [9.17, 15) is 30.0 Å². The third kappa shape index (κ3) is 7.07. The van der Waals surface area contributed by atoms with Crippen molar-refractivity contribution in [1.29, 1.82) is 0 Å². The molecule has 4 aromatic rings. The maximum Gasteiger partial charge on any atom is 0.255 e. The highest BCUT2D eigenvalue weighted by Gasteiger charge is 2.38. The molecule has 0 heterocycles. The second-order valence-corrected chi connectivity index (χ2v) is 9.34. The van der Waals surface area contributed by atoms with Gasteiger partial charge in [0.05, 0.1) is 13.2 Å². The fourth-order valence-corrected chi connectivity index (χ4v) is 4.01. The number of amides is 2. The van der Waals surface area contributed by atoms with Crippen LogP contribution < -0.4 is 10.6 Å². The fourth-order valence-electron chi connectivity index (χ4n) is 4.01. The number of carbonyl (C=O) groups is 2. The number of rotatable bonds is 10. The van der Waals surface area contributed by atoms with Gasteiger partial charge in [0.2, 0.25) is 0 Å². The zero-order valence-electron chi connectivity index (χ0n) is 22.1. The van der Waals surface area contributed by atoms with Crippen molar-refractivity contribution in [1.82, 2.24) is 0 Å². The van der Waals surface area contributed by atoms with Crippen molar-refractivity contribution in [3.8, 4) is 0 Å². The van der Waals surface area contributed by atoms with Crippen molar-refractivity contribution in [3.63, 3.8) is 0 Å². The third-order valence-electron chi connectivity index (χ3n) is 6.54. The summed E-state index contributed by atoms with van der Waals surface area (Å²) < 4.78 is 0. The Labute approximate surface area is 237 Å². The minimum atomic E-state index is -1.86. The first-order valence-electron chi connectivity index (χ1n) is 12.8. The molecular weight excluding hydrogens is 520 g/mol. The molecule has 0 saturated heterocycles. The molecule has 8 nitrogen and oxygen atoms in total. The summed E-state index contributed by atoms with van der Waals surface area (Å²) in [6.07, 6.45) is 2.64. The summed E-state index contributed by atoms with van der Waals surface area (Å²) in [6, 6.07) is 30.7. The van der Waals surface area contributed by atoms with Crippen LogP contribution in [-0.4, -0.2) is 45.5 Å². The van der Waals surface area contributed by atoms with Crippen LogP contribution in [0.2, 0.25) is 0 Å². The molecule has 2 amide bonds. The molecule has 4 aromatic carbocycles. The predicted octanol–water partition coefficient (Wildman–Crippen LogP) is 5.66. The van der Waals surface area contributed by atoms with Crippen LogP contribution in [-0.2, 0) is 0 Å². The number of aliphatic hydroxyl groups excluding tert-OH is 4. The minimum Gasteiger partial charge on any atom is -0.511 e. The van der Waals surface area contributed by atoms with Crippen molar-refractivity contribution < 1.29 is 30.0 Å². The Kier molecular flexibility index (Phi) is 9.32. The Bertz CT molecular complexity index is 1410.